The van der Waals surface area contributed by atoms with Crippen LogP contribution in [0.4, 0.5) is 0 Å². The van der Waals surface area contributed by atoms with Gasteiger partial charge in [-0.15, -0.1) is 11.3 Å². The predicted molar refractivity (Wildman–Crippen MR) is 90.9 cm³/mol. The van der Waals surface area contributed by atoms with E-state index in [0.29, 0.717) is 6.42 Å². The van der Waals surface area contributed by atoms with E-state index in [-0.39, 0.29) is 11.9 Å². The summed E-state index contributed by atoms with van der Waals surface area (Å²) in [5.74, 6) is 0.957. The van der Waals surface area contributed by atoms with Gasteiger partial charge in [-0.05, 0) is 38.8 Å². The maximum absolute atomic E-state index is 12.8. The number of hydrogen-bond donors (Lipinski definition) is 0. The van der Waals surface area contributed by atoms with E-state index in [1.165, 1.54) is 4.88 Å². The summed E-state index contributed by atoms with van der Waals surface area (Å²) in [6.07, 6.45) is 2.48. The second-order valence-corrected chi connectivity index (χ2v) is 7.44. The van der Waals surface area contributed by atoms with Crippen molar-refractivity contribution in [1.82, 2.24) is 14.7 Å². The zero-order valence-electron chi connectivity index (χ0n) is 14.1. The molecule has 2 aromatic rings. The Morgan fingerprint density at radius 1 is 1.43 bits per heavy atom. The third-order valence-electron chi connectivity index (χ3n) is 4.44. The fourth-order valence-corrected chi connectivity index (χ4v) is 4.36. The summed E-state index contributed by atoms with van der Waals surface area (Å²) in [5, 5.41) is 4.46. The highest BCUT2D eigenvalue weighted by atomic mass is 32.1. The van der Waals surface area contributed by atoms with Gasteiger partial charge in [-0.1, -0.05) is 0 Å². The number of likely N-dealkylation sites (tertiary alicyclic amines) is 1. The van der Waals surface area contributed by atoms with Gasteiger partial charge in [-0.25, -0.2) is 4.68 Å². The maximum Gasteiger partial charge on any atom is 0.228 e. The highest BCUT2D eigenvalue weighted by Gasteiger charge is 2.34. The fourth-order valence-electron chi connectivity index (χ4n) is 3.48. The van der Waals surface area contributed by atoms with Crippen LogP contribution in [0.2, 0.25) is 0 Å². The van der Waals surface area contributed by atoms with Crippen molar-refractivity contribution >= 4 is 17.2 Å². The first-order valence-corrected chi connectivity index (χ1v) is 8.75. The van der Waals surface area contributed by atoms with E-state index >= 15 is 0 Å². The maximum atomic E-state index is 12.8. The van der Waals surface area contributed by atoms with Crippen molar-refractivity contribution in [2.75, 3.05) is 13.7 Å². The van der Waals surface area contributed by atoms with E-state index in [9.17, 15) is 4.79 Å². The van der Waals surface area contributed by atoms with Gasteiger partial charge in [0.15, 0.2) is 0 Å². The predicted octanol–water partition coefficient (Wildman–Crippen LogP) is 3.01. The molecule has 1 amide bonds. The molecule has 0 saturated carbocycles. The largest absolute Gasteiger partial charge is 0.481 e. The molecule has 0 unspecified atom stereocenters. The Hall–Kier alpha value is -1.82. The number of carbonyl (C=O) groups excluding carboxylic acids is 1. The summed E-state index contributed by atoms with van der Waals surface area (Å²) in [6.45, 7) is 4.87. The highest BCUT2D eigenvalue weighted by Crippen LogP contribution is 2.39. The summed E-state index contributed by atoms with van der Waals surface area (Å²) in [6, 6.07) is 4.20. The lowest BCUT2D eigenvalue weighted by Gasteiger charge is -2.25. The average molecular weight is 333 g/mol. The first-order chi connectivity index (χ1) is 11.0. The van der Waals surface area contributed by atoms with Crippen molar-refractivity contribution < 1.29 is 9.53 Å². The molecular weight excluding hydrogens is 310 g/mol. The van der Waals surface area contributed by atoms with Crippen LogP contribution in [0.25, 0.3) is 0 Å². The van der Waals surface area contributed by atoms with Crippen molar-refractivity contribution in [3.63, 3.8) is 0 Å². The monoisotopic (exact) mass is 333 g/mol. The number of aromatic nitrogens is 2. The van der Waals surface area contributed by atoms with Gasteiger partial charge in [0.25, 0.3) is 0 Å². The van der Waals surface area contributed by atoms with E-state index in [1.807, 2.05) is 18.9 Å². The second kappa shape index (κ2) is 6.35. The van der Waals surface area contributed by atoms with Gasteiger partial charge in [-0.3, -0.25) is 4.79 Å². The van der Waals surface area contributed by atoms with Crippen LogP contribution < -0.4 is 4.74 Å². The third kappa shape index (κ3) is 3.00. The molecule has 1 aliphatic heterocycles. The van der Waals surface area contributed by atoms with E-state index in [1.54, 1.807) is 23.1 Å². The summed E-state index contributed by atoms with van der Waals surface area (Å²) in [5.41, 5.74) is 2.00. The Bertz CT molecular complexity index is 719. The van der Waals surface area contributed by atoms with E-state index in [0.717, 1.165) is 41.4 Å². The molecule has 6 heteroatoms. The van der Waals surface area contributed by atoms with Crippen molar-refractivity contribution in [2.45, 2.75) is 39.2 Å². The van der Waals surface area contributed by atoms with Crippen molar-refractivity contribution in [3.8, 4) is 5.88 Å². The Labute approximate surface area is 140 Å². The van der Waals surface area contributed by atoms with Crippen LogP contribution in [-0.4, -0.2) is 34.2 Å². The first-order valence-electron chi connectivity index (χ1n) is 7.93. The Kier molecular flexibility index (Phi) is 4.43. The normalized spacial score (nSPS) is 17.7. The zero-order valence-corrected chi connectivity index (χ0v) is 14.9. The molecule has 0 radical (unpaired) electrons. The molecule has 0 N–H and O–H groups in total. The number of carbonyl (C=O) groups is 1. The zero-order chi connectivity index (χ0) is 16.6. The second-order valence-electron chi connectivity index (χ2n) is 6.07. The SMILES string of the molecule is COc1c([C@@H]2CCCN2C(=O)Cc2ccc(C)s2)c(C)nn1C. The summed E-state index contributed by atoms with van der Waals surface area (Å²) < 4.78 is 7.28. The molecule has 0 aromatic carbocycles. The number of ether oxygens (including phenoxy) is 1. The van der Waals surface area contributed by atoms with Gasteiger partial charge < -0.3 is 9.64 Å². The number of aryl methyl sites for hydroxylation is 3. The van der Waals surface area contributed by atoms with Gasteiger partial charge in [0.2, 0.25) is 11.8 Å². The Balaban J connectivity index is 1.84. The molecule has 124 valence electrons. The highest BCUT2D eigenvalue weighted by molar-refractivity contribution is 7.12. The standard InChI is InChI=1S/C17H23N3O2S/c1-11-7-8-13(23-11)10-15(21)20-9-5-6-14(20)16-12(2)18-19(3)17(16)22-4/h7-8,14H,5-6,9-10H2,1-4H3/t14-/m0/s1. The molecule has 3 heterocycles. The molecule has 0 bridgehead atoms. The first kappa shape index (κ1) is 16.1. The Morgan fingerprint density at radius 3 is 2.87 bits per heavy atom. The number of thiophene rings is 1. The number of hydrogen-bond acceptors (Lipinski definition) is 4. The van der Waals surface area contributed by atoms with Crippen LogP contribution in [0.5, 0.6) is 5.88 Å². The van der Waals surface area contributed by atoms with E-state index in [4.69, 9.17) is 4.74 Å². The molecule has 3 rings (SSSR count). The molecule has 0 spiro atoms. The topological polar surface area (TPSA) is 47.4 Å². The summed E-state index contributed by atoms with van der Waals surface area (Å²) >= 11 is 1.70. The van der Waals surface area contributed by atoms with Crippen molar-refractivity contribution in [2.24, 2.45) is 7.05 Å². The number of rotatable bonds is 4. The summed E-state index contributed by atoms with van der Waals surface area (Å²) in [7, 11) is 3.54. The van der Waals surface area contributed by atoms with Crippen LogP contribution >= 0.6 is 11.3 Å². The lowest BCUT2D eigenvalue weighted by atomic mass is 10.0. The van der Waals surface area contributed by atoms with E-state index in [2.05, 4.69) is 24.2 Å². The minimum Gasteiger partial charge on any atom is -0.481 e. The van der Waals surface area contributed by atoms with Crippen molar-refractivity contribution in [3.05, 3.63) is 33.1 Å². The van der Waals surface area contributed by atoms with Crippen LogP contribution in [-0.2, 0) is 18.3 Å². The molecular formula is C17H23N3O2S. The number of methoxy groups -OCH3 is 1. The minimum absolute atomic E-state index is 0.0761. The number of nitrogens with zero attached hydrogens (tertiary/aromatic N) is 3. The lowest BCUT2D eigenvalue weighted by molar-refractivity contribution is -0.131. The Morgan fingerprint density at radius 2 is 2.22 bits per heavy atom. The minimum atomic E-state index is 0.0761. The molecule has 5 nitrogen and oxygen atoms in total. The molecule has 1 saturated heterocycles. The third-order valence-corrected chi connectivity index (χ3v) is 5.44. The number of amides is 1. The lowest BCUT2D eigenvalue weighted by Crippen LogP contribution is -2.32. The van der Waals surface area contributed by atoms with Crippen LogP contribution in [0.1, 0.15) is 39.9 Å². The van der Waals surface area contributed by atoms with Crippen LogP contribution in [0, 0.1) is 13.8 Å². The molecule has 1 aliphatic rings. The van der Waals surface area contributed by atoms with Gasteiger partial charge in [0.1, 0.15) is 0 Å². The molecule has 1 fully saturated rings. The molecule has 0 aliphatic carbocycles. The van der Waals surface area contributed by atoms with Crippen LogP contribution in [0.15, 0.2) is 12.1 Å². The van der Waals surface area contributed by atoms with E-state index < -0.39 is 0 Å². The molecule has 2 aromatic heterocycles. The quantitative estimate of drug-likeness (QED) is 0.864. The van der Waals surface area contributed by atoms with Gasteiger partial charge in [0.05, 0.1) is 30.8 Å². The van der Waals surface area contributed by atoms with Crippen molar-refractivity contribution in [1.29, 1.82) is 0 Å². The fraction of sp³-hybridized carbons (Fsp3) is 0.529. The summed E-state index contributed by atoms with van der Waals surface area (Å²) in [4.78, 5) is 17.2. The average Bonchev–Trinajstić information content (AvgIpc) is 3.18. The molecule has 1 atom stereocenters. The van der Waals surface area contributed by atoms with Gasteiger partial charge in [-0.2, -0.15) is 5.10 Å². The van der Waals surface area contributed by atoms with Gasteiger partial charge >= 0.3 is 0 Å². The smallest absolute Gasteiger partial charge is 0.228 e. The van der Waals surface area contributed by atoms with Gasteiger partial charge in [0, 0.05) is 23.3 Å². The molecule has 23 heavy (non-hydrogen) atoms. The van der Waals surface area contributed by atoms with Crippen LogP contribution in [0.3, 0.4) is 0 Å².